The second-order valence-electron chi connectivity index (χ2n) is 3.99. The SMILES string of the molecule is Nc1ncc(C=C2Oc3cc(O)ccc3C2=O)cn1. The average Bonchev–Trinajstić information content (AvgIpc) is 2.68. The van der Waals surface area contributed by atoms with Crippen LogP contribution in [0.15, 0.2) is 36.4 Å². The third-order valence-electron chi connectivity index (χ3n) is 2.64. The summed E-state index contributed by atoms with van der Waals surface area (Å²) in [7, 11) is 0. The standard InChI is InChI=1S/C13H9N3O3/c14-13-15-5-7(6-16-13)3-11-12(18)9-2-1-8(17)4-10(9)19-11/h1-6,17H,(H2,14,15,16). The number of phenolic OH excluding ortho intramolecular Hbond substituents is 1. The van der Waals surface area contributed by atoms with Crippen LogP contribution >= 0.6 is 0 Å². The van der Waals surface area contributed by atoms with E-state index in [1.54, 1.807) is 0 Å². The van der Waals surface area contributed by atoms with Gasteiger partial charge in [0.05, 0.1) is 5.56 Å². The van der Waals surface area contributed by atoms with Crippen LogP contribution in [0.3, 0.4) is 0 Å². The lowest BCUT2D eigenvalue weighted by atomic mass is 10.1. The van der Waals surface area contributed by atoms with Gasteiger partial charge in [-0.3, -0.25) is 4.79 Å². The number of nitrogens with zero attached hydrogens (tertiary/aromatic N) is 2. The molecule has 1 aromatic carbocycles. The van der Waals surface area contributed by atoms with E-state index in [1.165, 1.54) is 36.7 Å². The third kappa shape index (κ3) is 1.99. The van der Waals surface area contributed by atoms with Crippen LogP contribution in [0.2, 0.25) is 0 Å². The van der Waals surface area contributed by atoms with Crippen LogP contribution < -0.4 is 10.5 Å². The normalized spacial score (nSPS) is 15.4. The van der Waals surface area contributed by atoms with Crippen LogP contribution in [0.25, 0.3) is 6.08 Å². The summed E-state index contributed by atoms with van der Waals surface area (Å²) in [5.41, 5.74) is 6.40. The Kier molecular flexibility index (Phi) is 2.42. The van der Waals surface area contributed by atoms with Crippen LogP contribution in [-0.4, -0.2) is 20.9 Å². The molecule has 1 aromatic heterocycles. The van der Waals surface area contributed by atoms with Crippen molar-refractivity contribution >= 4 is 17.8 Å². The predicted octanol–water partition coefficient (Wildman–Crippen LogP) is 1.38. The Bertz CT molecular complexity index is 693. The van der Waals surface area contributed by atoms with Crippen molar-refractivity contribution in [2.24, 2.45) is 0 Å². The zero-order valence-corrected chi connectivity index (χ0v) is 9.70. The molecule has 1 aliphatic heterocycles. The Balaban J connectivity index is 1.97. The molecule has 0 amide bonds. The van der Waals surface area contributed by atoms with Crippen LogP contribution in [0.4, 0.5) is 5.95 Å². The summed E-state index contributed by atoms with van der Waals surface area (Å²) in [6.45, 7) is 0. The molecule has 0 bridgehead atoms. The number of ether oxygens (including phenoxy) is 1. The summed E-state index contributed by atoms with van der Waals surface area (Å²) >= 11 is 0. The number of ketones is 1. The number of carbonyl (C=O) groups excluding carboxylic acids is 1. The largest absolute Gasteiger partial charge is 0.508 e. The zero-order valence-electron chi connectivity index (χ0n) is 9.70. The van der Waals surface area contributed by atoms with E-state index >= 15 is 0 Å². The maximum absolute atomic E-state index is 12.0. The van der Waals surface area contributed by atoms with E-state index in [2.05, 4.69) is 9.97 Å². The number of phenols is 1. The highest BCUT2D eigenvalue weighted by Gasteiger charge is 2.27. The van der Waals surface area contributed by atoms with Gasteiger partial charge in [0.1, 0.15) is 11.5 Å². The molecular weight excluding hydrogens is 246 g/mol. The van der Waals surface area contributed by atoms with Crippen molar-refractivity contribution in [1.82, 2.24) is 9.97 Å². The molecule has 3 N–H and O–H groups in total. The molecule has 0 unspecified atom stereocenters. The molecule has 94 valence electrons. The lowest BCUT2D eigenvalue weighted by Crippen LogP contribution is -1.99. The zero-order chi connectivity index (χ0) is 13.4. The Hall–Kier alpha value is -2.89. The smallest absolute Gasteiger partial charge is 0.231 e. The predicted molar refractivity (Wildman–Crippen MR) is 67.5 cm³/mol. The molecule has 2 heterocycles. The second-order valence-corrected chi connectivity index (χ2v) is 3.99. The summed E-state index contributed by atoms with van der Waals surface area (Å²) in [4.78, 5) is 19.7. The number of hydrogen-bond acceptors (Lipinski definition) is 6. The highest BCUT2D eigenvalue weighted by Crippen LogP contribution is 2.34. The summed E-state index contributed by atoms with van der Waals surface area (Å²) in [5.74, 6) is 0.464. The number of anilines is 1. The third-order valence-corrected chi connectivity index (χ3v) is 2.64. The van der Waals surface area contributed by atoms with Crippen LogP contribution in [0.1, 0.15) is 15.9 Å². The number of rotatable bonds is 1. The fraction of sp³-hybridized carbons (Fsp3) is 0. The molecule has 6 nitrogen and oxygen atoms in total. The molecule has 0 radical (unpaired) electrons. The minimum Gasteiger partial charge on any atom is -0.508 e. The number of aromatic nitrogens is 2. The van der Waals surface area contributed by atoms with E-state index in [0.717, 1.165) is 0 Å². The quantitative estimate of drug-likeness (QED) is 0.747. The average molecular weight is 255 g/mol. The van der Waals surface area contributed by atoms with E-state index in [4.69, 9.17) is 10.5 Å². The van der Waals surface area contributed by atoms with Crippen LogP contribution in [0.5, 0.6) is 11.5 Å². The minimum absolute atomic E-state index is 0.0450. The fourth-order valence-corrected chi connectivity index (χ4v) is 1.75. The Morgan fingerprint density at radius 2 is 2.00 bits per heavy atom. The lowest BCUT2D eigenvalue weighted by Gasteiger charge is -1.98. The molecule has 0 fully saturated rings. The molecule has 6 heteroatoms. The molecule has 0 atom stereocenters. The maximum Gasteiger partial charge on any atom is 0.231 e. The number of carbonyl (C=O) groups is 1. The van der Waals surface area contributed by atoms with Crippen molar-refractivity contribution in [2.75, 3.05) is 5.73 Å². The number of aromatic hydroxyl groups is 1. The monoisotopic (exact) mass is 255 g/mol. The van der Waals surface area contributed by atoms with E-state index in [9.17, 15) is 9.90 Å². The molecule has 2 aromatic rings. The van der Waals surface area contributed by atoms with E-state index in [1.807, 2.05) is 0 Å². The number of Topliss-reactive ketones (excluding diaryl/α,β-unsaturated/α-hetero) is 1. The van der Waals surface area contributed by atoms with Gasteiger partial charge in [0.15, 0.2) is 5.76 Å². The van der Waals surface area contributed by atoms with Crippen molar-refractivity contribution in [3.63, 3.8) is 0 Å². The summed E-state index contributed by atoms with van der Waals surface area (Å²) in [5, 5.41) is 9.34. The first-order chi connectivity index (χ1) is 9.13. The number of nitrogen functional groups attached to an aromatic ring is 1. The van der Waals surface area contributed by atoms with E-state index in [0.29, 0.717) is 16.9 Å². The van der Waals surface area contributed by atoms with Gasteiger partial charge in [-0.2, -0.15) is 0 Å². The van der Waals surface area contributed by atoms with Gasteiger partial charge in [-0.25, -0.2) is 9.97 Å². The second kappa shape index (κ2) is 4.09. The Labute approximate surface area is 108 Å². The first-order valence-corrected chi connectivity index (χ1v) is 5.48. The summed E-state index contributed by atoms with van der Waals surface area (Å²) < 4.78 is 5.40. The Morgan fingerprint density at radius 1 is 1.26 bits per heavy atom. The number of nitrogens with two attached hydrogens (primary N) is 1. The first kappa shape index (κ1) is 11.2. The Morgan fingerprint density at radius 3 is 2.74 bits per heavy atom. The van der Waals surface area contributed by atoms with Gasteiger partial charge < -0.3 is 15.6 Å². The van der Waals surface area contributed by atoms with Crippen molar-refractivity contribution in [1.29, 1.82) is 0 Å². The van der Waals surface area contributed by atoms with Crippen molar-refractivity contribution < 1.29 is 14.6 Å². The van der Waals surface area contributed by atoms with Gasteiger partial charge in [0.25, 0.3) is 0 Å². The van der Waals surface area contributed by atoms with Crippen molar-refractivity contribution in [3.8, 4) is 11.5 Å². The maximum atomic E-state index is 12.0. The van der Waals surface area contributed by atoms with Gasteiger partial charge in [0.2, 0.25) is 11.7 Å². The molecule has 3 rings (SSSR count). The van der Waals surface area contributed by atoms with E-state index in [-0.39, 0.29) is 23.2 Å². The summed E-state index contributed by atoms with van der Waals surface area (Å²) in [6.07, 6.45) is 4.51. The highest BCUT2D eigenvalue weighted by molar-refractivity contribution is 6.14. The topological polar surface area (TPSA) is 98.3 Å². The molecular formula is C13H9N3O3. The number of allylic oxidation sites excluding steroid dienone is 1. The number of hydrogen-bond donors (Lipinski definition) is 2. The van der Waals surface area contributed by atoms with Gasteiger partial charge in [0, 0.05) is 24.0 Å². The minimum atomic E-state index is -0.244. The molecule has 1 aliphatic rings. The number of benzene rings is 1. The van der Waals surface area contributed by atoms with Crippen molar-refractivity contribution in [2.45, 2.75) is 0 Å². The molecule has 19 heavy (non-hydrogen) atoms. The van der Waals surface area contributed by atoms with Gasteiger partial charge in [-0.1, -0.05) is 0 Å². The van der Waals surface area contributed by atoms with E-state index < -0.39 is 0 Å². The summed E-state index contributed by atoms with van der Waals surface area (Å²) in [6, 6.07) is 4.36. The van der Waals surface area contributed by atoms with Gasteiger partial charge in [-0.15, -0.1) is 0 Å². The first-order valence-electron chi connectivity index (χ1n) is 5.48. The van der Waals surface area contributed by atoms with Gasteiger partial charge >= 0.3 is 0 Å². The molecule has 0 spiro atoms. The van der Waals surface area contributed by atoms with Crippen LogP contribution in [-0.2, 0) is 0 Å². The fourth-order valence-electron chi connectivity index (χ4n) is 1.75. The number of fused-ring (bicyclic) bond motifs is 1. The van der Waals surface area contributed by atoms with Crippen LogP contribution in [0, 0.1) is 0 Å². The molecule has 0 saturated carbocycles. The molecule has 0 saturated heterocycles. The molecule has 0 aliphatic carbocycles. The highest BCUT2D eigenvalue weighted by atomic mass is 16.5. The lowest BCUT2D eigenvalue weighted by molar-refractivity contribution is 0.101. The van der Waals surface area contributed by atoms with Crippen molar-refractivity contribution in [3.05, 3.63) is 47.5 Å². The van der Waals surface area contributed by atoms with Gasteiger partial charge in [-0.05, 0) is 18.2 Å².